The number of nitrogens with one attached hydrogen (secondary N) is 1. The smallest absolute Gasteiger partial charge is 0.00818 e. The van der Waals surface area contributed by atoms with Gasteiger partial charge in [0, 0.05) is 12.1 Å². The quantitative estimate of drug-likeness (QED) is 0.546. The summed E-state index contributed by atoms with van der Waals surface area (Å²) in [5.74, 6) is 0. The van der Waals surface area contributed by atoms with Gasteiger partial charge >= 0.3 is 0 Å². The summed E-state index contributed by atoms with van der Waals surface area (Å²) in [5.41, 5.74) is 6.01. The lowest BCUT2D eigenvalue weighted by Crippen LogP contribution is -2.39. The predicted octanol–water partition coefficient (Wildman–Crippen LogP) is 4.38. The highest BCUT2D eigenvalue weighted by molar-refractivity contribution is 4.79. The fourth-order valence-corrected chi connectivity index (χ4v) is 3.15. The van der Waals surface area contributed by atoms with Crippen molar-refractivity contribution in [1.82, 2.24) is 5.32 Å². The molecule has 0 saturated heterocycles. The van der Waals surface area contributed by atoms with Gasteiger partial charge in [-0.3, -0.25) is 0 Å². The minimum absolute atomic E-state index is 0.453. The van der Waals surface area contributed by atoms with Gasteiger partial charge in [0.2, 0.25) is 0 Å². The third kappa shape index (κ3) is 9.45. The molecular formula is C17H36N2. The summed E-state index contributed by atoms with van der Waals surface area (Å²) in [6.07, 6.45) is 17.8. The largest absolute Gasteiger partial charge is 0.328 e. The molecule has 0 bridgehead atoms. The van der Waals surface area contributed by atoms with Crippen molar-refractivity contribution in [1.29, 1.82) is 0 Å². The predicted molar refractivity (Wildman–Crippen MR) is 85.5 cm³/mol. The Hall–Kier alpha value is -0.0800. The van der Waals surface area contributed by atoms with Crippen LogP contribution in [0, 0.1) is 0 Å². The van der Waals surface area contributed by atoms with Crippen LogP contribution in [0.2, 0.25) is 0 Å². The van der Waals surface area contributed by atoms with Crippen LogP contribution in [0.5, 0.6) is 0 Å². The first-order valence-corrected chi connectivity index (χ1v) is 8.82. The first kappa shape index (κ1) is 17.0. The van der Waals surface area contributed by atoms with Gasteiger partial charge < -0.3 is 11.1 Å². The Morgan fingerprint density at radius 2 is 1.53 bits per heavy atom. The van der Waals surface area contributed by atoms with Gasteiger partial charge in [-0.2, -0.15) is 0 Å². The molecule has 2 heteroatoms. The molecule has 0 aromatic heterocycles. The molecule has 1 rings (SSSR count). The third-order valence-corrected chi connectivity index (χ3v) is 4.43. The van der Waals surface area contributed by atoms with Crippen molar-refractivity contribution in [2.75, 3.05) is 6.54 Å². The number of nitrogens with two attached hydrogens (primary N) is 1. The highest BCUT2D eigenvalue weighted by atomic mass is 14.9. The molecule has 1 aliphatic rings. The van der Waals surface area contributed by atoms with Crippen molar-refractivity contribution in [3.63, 3.8) is 0 Å². The maximum atomic E-state index is 6.01. The van der Waals surface area contributed by atoms with E-state index in [2.05, 4.69) is 12.2 Å². The van der Waals surface area contributed by atoms with E-state index < -0.39 is 0 Å². The van der Waals surface area contributed by atoms with Crippen molar-refractivity contribution in [3.8, 4) is 0 Å². The minimum atomic E-state index is 0.453. The third-order valence-electron chi connectivity index (χ3n) is 4.43. The Morgan fingerprint density at radius 1 is 0.895 bits per heavy atom. The van der Waals surface area contributed by atoms with E-state index in [1.54, 1.807) is 0 Å². The summed E-state index contributed by atoms with van der Waals surface area (Å²) in [4.78, 5) is 0. The second-order valence-electron chi connectivity index (χ2n) is 6.41. The van der Waals surface area contributed by atoms with Crippen molar-refractivity contribution in [3.05, 3.63) is 0 Å². The molecule has 1 saturated carbocycles. The summed E-state index contributed by atoms with van der Waals surface area (Å²) >= 11 is 0. The van der Waals surface area contributed by atoms with Gasteiger partial charge in [-0.1, -0.05) is 64.7 Å². The Bertz CT molecular complexity index is 194. The highest BCUT2D eigenvalue weighted by Crippen LogP contribution is 2.17. The lowest BCUT2D eigenvalue weighted by atomic mass is 9.91. The van der Waals surface area contributed by atoms with Gasteiger partial charge in [-0.25, -0.2) is 0 Å². The van der Waals surface area contributed by atoms with Crippen molar-refractivity contribution < 1.29 is 0 Å². The van der Waals surface area contributed by atoms with E-state index in [-0.39, 0.29) is 0 Å². The van der Waals surface area contributed by atoms with Gasteiger partial charge in [0.15, 0.2) is 0 Å². The van der Waals surface area contributed by atoms with E-state index in [4.69, 9.17) is 5.73 Å². The van der Waals surface area contributed by atoms with Crippen LogP contribution >= 0.6 is 0 Å². The second kappa shape index (κ2) is 11.7. The molecule has 0 aliphatic heterocycles. The summed E-state index contributed by atoms with van der Waals surface area (Å²) < 4.78 is 0. The van der Waals surface area contributed by atoms with Gasteiger partial charge in [0.1, 0.15) is 0 Å². The van der Waals surface area contributed by atoms with Gasteiger partial charge in [0.05, 0.1) is 0 Å². The van der Waals surface area contributed by atoms with Crippen LogP contribution in [-0.2, 0) is 0 Å². The van der Waals surface area contributed by atoms with Crippen LogP contribution < -0.4 is 11.1 Å². The summed E-state index contributed by atoms with van der Waals surface area (Å²) in [5, 5.41) is 3.69. The zero-order valence-corrected chi connectivity index (χ0v) is 13.1. The lowest BCUT2D eigenvalue weighted by molar-refractivity contribution is 0.337. The van der Waals surface area contributed by atoms with E-state index in [0.29, 0.717) is 12.1 Å². The molecule has 0 radical (unpaired) electrons. The Morgan fingerprint density at radius 3 is 2.16 bits per heavy atom. The number of hydrogen-bond donors (Lipinski definition) is 2. The van der Waals surface area contributed by atoms with E-state index >= 15 is 0 Å². The van der Waals surface area contributed by atoms with Crippen LogP contribution in [0.4, 0.5) is 0 Å². The molecule has 1 fully saturated rings. The summed E-state index contributed by atoms with van der Waals surface area (Å²) in [7, 11) is 0. The summed E-state index contributed by atoms with van der Waals surface area (Å²) in [6, 6.07) is 1.16. The second-order valence-corrected chi connectivity index (χ2v) is 6.41. The first-order chi connectivity index (χ1) is 9.33. The minimum Gasteiger partial charge on any atom is -0.328 e. The Kier molecular flexibility index (Phi) is 10.5. The maximum Gasteiger partial charge on any atom is 0.00818 e. The monoisotopic (exact) mass is 268 g/mol. The molecule has 0 aromatic carbocycles. The van der Waals surface area contributed by atoms with Crippen molar-refractivity contribution in [2.45, 2.75) is 102 Å². The zero-order chi connectivity index (χ0) is 13.8. The molecular weight excluding hydrogens is 232 g/mol. The number of unbranched alkanes of at least 4 members (excludes halogenated alkanes) is 8. The average molecular weight is 268 g/mol. The van der Waals surface area contributed by atoms with Gasteiger partial charge in [0.25, 0.3) is 0 Å². The summed E-state index contributed by atoms with van der Waals surface area (Å²) in [6.45, 7) is 3.49. The van der Waals surface area contributed by atoms with E-state index in [1.165, 1.54) is 90.0 Å². The molecule has 3 N–H and O–H groups in total. The molecule has 1 aliphatic carbocycles. The Balaban J connectivity index is 1.78. The molecule has 19 heavy (non-hydrogen) atoms. The zero-order valence-electron chi connectivity index (χ0n) is 13.1. The lowest BCUT2D eigenvalue weighted by Gasteiger charge is -2.27. The van der Waals surface area contributed by atoms with Crippen molar-refractivity contribution >= 4 is 0 Å². The molecule has 0 heterocycles. The number of hydrogen-bond acceptors (Lipinski definition) is 2. The fraction of sp³-hybridized carbons (Fsp3) is 1.00. The average Bonchev–Trinajstić information content (AvgIpc) is 2.41. The molecule has 0 spiro atoms. The SMILES string of the molecule is CCCCCCCCCCCNC1CCCC(N)C1. The van der Waals surface area contributed by atoms with Crippen LogP contribution in [-0.4, -0.2) is 18.6 Å². The first-order valence-electron chi connectivity index (χ1n) is 8.82. The van der Waals surface area contributed by atoms with Crippen LogP contribution in [0.1, 0.15) is 90.4 Å². The molecule has 2 atom stereocenters. The van der Waals surface area contributed by atoms with E-state index in [1.807, 2.05) is 0 Å². The molecule has 114 valence electrons. The topological polar surface area (TPSA) is 38.0 Å². The van der Waals surface area contributed by atoms with Crippen LogP contribution in [0.15, 0.2) is 0 Å². The van der Waals surface area contributed by atoms with Crippen LogP contribution in [0.3, 0.4) is 0 Å². The maximum absolute atomic E-state index is 6.01. The Labute approximate surface area is 120 Å². The van der Waals surface area contributed by atoms with Crippen LogP contribution in [0.25, 0.3) is 0 Å². The van der Waals surface area contributed by atoms with Crippen molar-refractivity contribution in [2.24, 2.45) is 5.73 Å². The number of rotatable bonds is 11. The molecule has 2 nitrogen and oxygen atoms in total. The van der Waals surface area contributed by atoms with Gasteiger partial charge in [-0.05, 0) is 32.2 Å². The highest BCUT2D eigenvalue weighted by Gasteiger charge is 2.17. The fourth-order valence-electron chi connectivity index (χ4n) is 3.15. The standard InChI is InChI=1S/C17H36N2/c1-2-3-4-5-6-7-8-9-10-14-19-17-13-11-12-16(18)15-17/h16-17,19H,2-15,18H2,1H3. The molecule has 0 aromatic rings. The van der Waals surface area contributed by atoms with E-state index in [0.717, 1.165) is 0 Å². The molecule has 2 unspecified atom stereocenters. The molecule has 0 amide bonds. The van der Waals surface area contributed by atoms with E-state index in [9.17, 15) is 0 Å². The normalized spacial score (nSPS) is 23.7. The van der Waals surface area contributed by atoms with Gasteiger partial charge in [-0.15, -0.1) is 0 Å².